The molecule has 1 N–H and O–H groups in total. The number of aromatic nitrogens is 2. The summed E-state index contributed by atoms with van der Waals surface area (Å²) in [6.45, 7) is 6.38. The van der Waals surface area contributed by atoms with Crippen LogP contribution in [0.4, 0.5) is 10.6 Å². The number of hydrogen-bond donors (Lipinski definition) is 1. The molecule has 2 atom stereocenters. The highest BCUT2D eigenvalue weighted by molar-refractivity contribution is 9.10. The van der Waals surface area contributed by atoms with E-state index >= 15 is 0 Å². The highest BCUT2D eigenvalue weighted by atomic mass is 79.9. The summed E-state index contributed by atoms with van der Waals surface area (Å²) in [5, 5.41) is 16.8. The number of carbonyl (C=O) groups is 1. The number of nitrogens with one attached hydrogen (secondary N) is 1. The minimum atomic E-state index is -0.564. The second-order valence-electron chi connectivity index (χ2n) is 6.95. The molecule has 0 radical (unpaired) electrons. The van der Waals surface area contributed by atoms with Gasteiger partial charge in [-0.25, -0.2) is 9.48 Å². The molecule has 0 bridgehead atoms. The Hall–Kier alpha value is -1.79. The van der Waals surface area contributed by atoms with Crippen LogP contribution in [0.5, 0.6) is 0 Å². The lowest BCUT2D eigenvalue weighted by molar-refractivity contribution is 0.0145. The van der Waals surface area contributed by atoms with Crippen molar-refractivity contribution in [3.63, 3.8) is 0 Å². The lowest BCUT2D eigenvalue weighted by Gasteiger charge is -2.28. The van der Waals surface area contributed by atoms with E-state index < -0.39 is 5.60 Å². The molecule has 0 saturated carbocycles. The van der Waals surface area contributed by atoms with E-state index in [1.54, 1.807) is 23.7 Å². The number of methoxy groups -OCH3 is 1. The molecule has 1 aromatic heterocycles. The molecule has 138 valence electrons. The van der Waals surface area contributed by atoms with Crippen molar-refractivity contribution in [3.8, 4) is 6.07 Å². The van der Waals surface area contributed by atoms with Crippen LogP contribution >= 0.6 is 15.9 Å². The predicted octanol–water partition coefficient (Wildman–Crippen LogP) is 2.76. The summed E-state index contributed by atoms with van der Waals surface area (Å²) in [4.78, 5) is 14.2. The third kappa shape index (κ3) is 4.25. The lowest BCUT2D eigenvalue weighted by Crippen LogP contribution is -2.41. The molecule has 8 nitrogen and oxygen atoms in total. The van der Waals surface area contributed by atoms with Crippen LogP contribution in [-0.2, 0) is 9.47 Å². The number of nitrogens with zero attached hydrogens (tertiary/aromatic N) is 4. The molecule has 1 amide bonds. The highest BCUT2D eigenvalue weighted by Crippen LogP contribution is 2.34. The first-order valence-electron chi connectivity index (χ1n) is 8.06. The van der Waals surface area contributed by atoms with E-state index in [1.807, 2.05) is 20.8 Å². The maximum atomic E-state index is 12.5. The average molecular weight is 414 g/mol. The number of carbonyl (C=O) groups excluding carboxylic acids is 1. The van der Waals surface area contributed by atoms with Crippen LogP contribution in [0.3, 0.4) is 0 Å². The second-order valence-corrected chi connectivity index (χ2v) is 7.70. The van der Waals surface area contributed by atoms with E-state index in [-0.39, 0.29) is 18.2 Å². The molecule has 25 heavy (non-hydrogen) atoms. The number of likely N-dealkylation sites (tertiary alicyclic amines) is 1. The van der Waals surface area contributed by atoms with Crippen molar-refractivity contribution >= 4 is 27.8 Å². The predicted molar refractivity (Wildman–Crippen MR) is 96.4 cm³/mol. The fraction of sp³-hybridized carbons (Fsp3) is 0.688. The van der Waals surface area contributed by atoms with Crippen LogP contribution in [0.2, 0.25) is 0 Å². The SMILES string of the molecule is CNc1c(C#N)c(Br)nn1C1CC(COC)N(C(=O)OC(C)(C)C)C1. The van der Waals surface area contributed by atoms with E-state index in [1.165, 1.54) is 0 Å². The number of hydrogen-bond acceptors (Lipinski definition) is 6. The van der Waals surface area contributed by atoms with Crippen LogP contribution in [0.15, 0.2) is 4.60 Å². The Morgan fingerprint density at radius 3 is 2.72 bits per heavy atom. The maximum Gasteiger partial charge on any atom is 0.410 e. The van der Waals surface area contributed by atoms with Crippen LogP contribution in [0.1, 0.15) is 38.8 Å². The fourth-order valence-corrected chi connectivity index (χ4v) is 3.42. The second kappa shape index (κ2) is 7.62. The van der Waals surface area contributed by atoms with Crippen LogP contribution < -0.4 is 5.32 Å². The van der Waals surface area contributed by atoms with Gasteiger partial charge in [0, 0.05) is 20.7 Å². The third-order valence-electron chi connectivity index (χ3n) is 3.94. The number of rotatable bonds is 4. The Balaban J connectivity index is 2.28. The molecule has 2 unspecified atom stereocenters. The van der Waals surface area contributed by atoms with Gasteiger partial charge < -0.3 is 19.7 Å². The molecular formula is C16H24BrN5O3. The van der Waals surface area contributed by atoms with Crippen molar-refractivity contribution in [3.05, 3.63) is 10.2 Å². The molecular weight excluding hydrogens is 390 g/mol. The van der Waals surface area contributed by atoms with Crippen LogP contribution in [0.25, 0.3) is 0 Å². The first-order valence-corrected chi connectivity index (χ1v) is 8.85. The maximum absolute atomic E-state index is 12.5. The molecule has 1 aliphatic rings. The highest BCUT2D eigenvalue weighted by Gasteiger charge is 2.40. The van der Waals surface area contributed by atoms with Crippen molar-refractivity contribution in [1.29, 1.82) is 5.26 Å². The van der Waals surface area contributed by atoms with Crippen LogP contribution in [0, 0.1) is 11.3 Å². The van der Waals surface area contributed by atoms with Gasteiger partial charge in [0.05, 0.1) is 18.7 Å². The summed E-state index contributed by atoms with van der Waals surface area (Å²) >= 11 is 3.32. The first kappa shape index (κ1) is 19.5. The minimum Gasteiger partial charge on any atom is -0.444 e. The standard InChI is InChI=1S/C16H24BrN5O3/c1-16(2,3)25-15(23)21-8-10(6-11(21)9-24-5)22-14(19-4)12(7-18)13(17)20-22/h10-11,19H,6,8-9H2,1-5H3. The van der Waals surface area contributed by atoms with E-state index in [9.17, 15) is 10.1 Å². The number of nitriles is 1. The summed E-state index contributed by atoms with van der Waals surface area (Å²) in [5.74, 6) is 0.626. The molecule has 2 heterocycles. The van der Waals surface area contributed by atoms with Crippen molar-refractivity contribution in [2.45, 2.75) is 44.9 Å². The Morgan fingerprint density at radius 2 is 2.20 bits per heavy atom. The zero-order chi connectivity index (χ0) is 18.8. The largest absolute Gasteiger partial charge is 0.444 e. The Labute approximate surface area is 156 Å². The van der Waals surface area contributed by atoms with Gasteiger partial charge in [-0.2, -0.15) is 10.4 Å². The number of halogens is 1. The molecule has 1 fully saturated rings. The number of anilines is 1. The molecule has 9 heteroatoms. The summed E-state index contributed by atoms with van der Waals surface area (Å²) in [6, 6.07) is 1.95. The number of amides is 1. The Bertz CT molecular complexity index is 677. The quantitative estimate of drug-likeness (QED) is 0.815. The van der Waals surface area contributed by atoms with E-state index in [2.05, 4.69) is 32.4 Å². The van der Waals surface area contributed by atoms with E-state index in [0.29, 0.717) is 35.6 Å². The third-order valence-corrected chi connectivity index (χ3v) is 4.50. The summed E-state index contributed by atoms with van der Waals surface area (Å²) in [6.07, 6.45) is 0.301. The molecule has 1 aromatic rings. The molecule has 1 aliphatic heterocycles. The van der Waals surface area contributed by atoms with Gasteiger partial charge in [0.2, 0.25) is 0 Å². The first-order chi connectivity index (χ1) is 11.7. The van der Waals surface area contributed by atoms with Crippen molar-refractivity contribution in [1.82, 2.24) is 14.7 Å². The molecule has 0 aliphatic carbocycles. The van der Waals surface area contributed by atoms with Gasteiger partial charge in [0.25, 0.3) is 0 Å². The van der Waals surface area contributed by atoms with E-state index in [0.717, 1.165) is 0 Å². The monoisotopic (exact) mass is 413 g/mol. The molecule has 0 aromatic carbocycles. The average Bonchev–Trinajstić information content (AvgIpc) is 3.06. The molecule has 1 saturated heterocycles. The minimum absolute atomic E-state index is 0.0754. The van der Waals surface area contributed by atoms with Gasteiger partial charge in [0.1, 0.15) is 27.7 Å². The summed E-state index contributed by atoms with van der Waals surface area (Å²) in [5.41, 5.74) is -0.118. The van der Waals surface area contributed by atoms with Crippen LogP contribution in [-0.4, -0.2) is 59.7 Å². The zero-order valence-electron chi connectivity index (χ0n) is 15.2. The number of ether oxygens (including phenoxy) is 2. The van der Waals surface area contributed by atoms with Gasteiger partial charge in [-0.1, -0.05) is 0 Å². The van der Waals surface area contributed by atoms with E-state index in [4.69, 9.17) is 9.47 Å². The van der Waals surface area contributed by atoms with Gasteiger partial charge in [-0.05, 0) is 43.1 Å². The molecule has 2 rings (SSSR count). The zero-order valence-corrected chi connectivity index (χ0v) is 16.8. The smallest absolute Gasteiger partial charge is 0.410 e. The topological polar surface area (TPSA) is 92.4 Å². The van der Waals surface area contributed by atoms with Gasteiger partial charge in [-0.15, -0.1) is 0 Å². The van der Waals surface area contributed by atoms with Crippen molar-refractivity contribution in [2.24, 2.45) is 0 Å². The molecule has 0 spiro atoms. The summed E-state index contributed by atoms with van der Waals surface area (Å²) in [7, 11) is 3.35. The fourth-order valence-electron chi connectivity index (χ4n) is 2.97. The van der Waals surface area contributed by atoms with Gasteiger partial charge in [-0.3, -0.25) is 0 Å². The van der Waals surface area contributed by atoms with Gasteiger partial charge >= 0.3 is 6.09 Å². The normalized spacial score (nSPS) is 20.4. The van der Waals surface area contributed by atoms with Crippen molar-refractivity contribution < 1.29 is 14.3 Å². The summed E-state index contributed by atoms with van der Waals surface area (Å²) < 4.78 is 13.0. The Kier molecular flexibility index (Phi) is 5.95. The van der Waals surface area contributed by atoms with Crippen molar-refractivity contribution in [2.75, 3.05) is 32.6 Å². The lowest BCUT2D eigenvalue weighted by atomic mass is 10.2. The van der Waals surface area contributed by atoms with Gasteiger partial charge in [0.15, 0.2) is 0 Å². The Morgan fingerprint density at radius 1 is 1.52 bits per heavy atom.